The third-order valence-corrected chi connectivity index (χ3v) is 4.26. The lowest BCUT2D eigenvalue weighted by Gasteiger charge is -2.14. The van der Waals surface area contributed by atoms with Gasteiger partial charge in [0, 0.05) is 11.9 Å². The number of esters is 1. The second kappa shape index (κ2) is 7.92. The fourth-order valence-corrected chi connectivity index (χ4v) is 2.82. The number of nitrogens with one attached hydrogen (secondary N) is 1. The summed E-state index contributed by atoms with van der Waals surface area (Å²) < 4.78 is 5.54. The van der Waals surface area contributed by atoms with Gasteiger partial charge in [0.2, 0.25) is 0 Å². The first-order valence-corrected chi connectivity index (χ1v) is 8.71. The Hall–Kier alpha value is -3.67. The minimum atomic E-state index is -0.519. The molecule has 6 heteroatoms. The summed E-state index contributed by atoms with van der Waals surface area (Å²) in [6.45, 7) is 5.27. The van der Waals surface area contributed by atoms with Crippen molar-refractivity contribution in [1.82, 2.24) is 4.98 Å². The zero-order valence-corrected chi connectivity index (χ0v) is 15.8. The van der Waals surface area contributed by atoms with Crippen LogP contribution < -0.4 is 10.1 Å². The van der Waals surface area contributed by atoms with E-state index >= 15 is 0 Å². The van der Waals surface area contributed by atoms with Crippen molar-refractivity contribution in [1.29, 1.82) is 0 Å². The third-order valence-electron chi connectivity index (χ3n) is 4.26. The number of pyridine rings is 1. The standard InChI is InChI=1S/C22H20N2O4/c1-13-9-10-23-18(19(13)25)21(26)24-17-11-14(2)20(15(3)12-17)28-22(27)16-7-5-4-6-8-16/h4-12,25H,1-3H3,(H,24,26). The molecule has 0 spiro atoms. The number of ether oxygens (including phenoxy) is 1. The molecule has 3 aromatic rings. The molecule has 0 bridgehead atoms. The molecule has 0 fully saturated rings. The summed E-state index contributed by atoms with van der Waals surface area (Å²) in [6.07, 6.45) is 1.46. The Balaban J connectivity index is 1.81. The maximum atomic E-state index is 12.4. The molecule has 0 radical (unpaired) electrons. The second-order valence-corrected chi connectivity index (χ2v) is 6.47. The first-order valence-electron chi connectivity index (χ1n) is 8.71. The minimum Gasteiger partial charge on any atom is -0.505 e. The van der Waals surface area contributed by atoms with Gasteiger partial charge in [-0.15, -0.1) is 0 Å². The van der Waals surface area contributed by atoms with Crippen LogP contribution in [-0.4, -0.2) is 22.0 Å². The average Bonchev–Trinajstić information content (AvgIpc) is 2.67. The van der Waals surface area contributed by atoms with Crippen molar-refractivity contribution < 1.29 is 19.4 Å². The van der Waals surface area contributed by atoms with Gasteiger partial charge in [0.05, 0.1) is 5.56 Å². The largest absolute Gasteiger partial charge is 0.505 e. The van der Waals surface area contributed by atoms with E-state index in [-0.39, 0.29) is 11.4 Å². The Bertz CT molecular complexity index is 1020. The molecule has 0 aliphatic heterocycles. The van der Waals surface area contributed by atoms with Crippen LogP contribution >= 0.6 is 0 Å². The van der Waals surface area contributed by atoms with E-state index in [1.165, 1.54) is 6.20 Å². The van der Waals surface area contributed by atoms with E-state index in [2.05, 4.69) is 10.3 Å². The van der Waals surface area contributed by atoms with Crippen molar-refractivity contribution in [2.75, 3.05) is 5.32 Å². The highest BCUT2D eigenvalue weighted by Crippen LogP contribution is 2.29. The molecule has 0 aliphatic carbocycles. The fourth-order valence-electron chi connectivity index (χ4n) is 2.82. The lowest BCUT2D eigenvalue weighted by molar-refractivity contribution is 0.0732. The highest BCUT2D eigenvalue weighted by molar-refractivity contribution is 6.05. The van der Waals surface area contributed by atoms with E-state index in [0.29, 0.717) is 33.7 Å². The molecule has 0 atom stereocenters. The lowest BCUT2D eigenvalue weighted by atomic mass is 10.1. The number of aromatic nitrogens is 1. The Morgan fingerprint density at radius 2 is 1.61 bits per heavy atom. The zero-order valence-electron chi connectivity index (χ0n) is 15.8. The molecule has 0 saturated carbocycles. The normalized spacial score (nSPS) is 10.4. The second-order valence-electron chi connectivity index (χ2n) is 6.47. The van der Waals surface area contributed by atoms with E-state index in [1.807, 2.05) is 6.07 Å². The SMILES string of the molecule is Cc1ccnc(C(=O)Nc2cc(C)c(OC(=O)c3ccccc3)c(C)c2)c1O. The van der Waals surface area contributed by atoms with Crippen molar-refractivity contribution in [2.45, 2.75) is 20.8 Å². The van der Waals surface area contributed by atoms with E-state index in [4.69, 9.17) is 4.74 Å². The fraction of sp³-hybridized carbons (Fsp3) is 0.136. The van der Waals surface area contributed by atoms with Crippen LogP contribution in [0.4, 0.5) is 5.69 Å². The third kappa shape index (κ3) is 4.01. The average molecular weight is 376 g/mol. The summed E-state index contributed by atoms with van der Waals surface area (Å²) in [7, 11) is 0. The molecule has 1 heterocycles. The molecule has 1 aromatic heterocycles. The number of hydrogen-bond acceptors (Lipinski definition) is 5. The quantitative estimate of drug-likeness (QED) is 0.527. The van der Waals surface area contributed by atoms with Crippen molar-refractivity contribution in [3.63, 3.8) is 0 Å². The van der Waals surface area contributed by atoms with Gasteiger partial charge in [0.15, 0.2) is 5.69 Å². The molecular weight excluding hydrogens is 356 g/mol. The van der Waals surface area contributed by atoms with Crippen molar-refractivity contribution in [3.8, 4) is 11.5 Å². The summed E-state index contributed by atoms with van der Waals surface area (Å²) in [5.74, 6) is -0.670. The highest BCUT2D eigenvalue weighted by Gasteiger charge is 2.17. The lowest BCUT2D eigenvalue weighted by Crippen LogP contribution is -2.15. The molecule has 28 heavy (non-hydrogen) atoms. The Kier molecular flexibility index (Phi) is 5.40. The number of carbonyl (C=O) groups is 2. The van der Waals surface area contributed by atoms with Crippen LogP contribution in [0.5, 0.6) is 11.5 Å². The van der Waals surface area contributed by atoms with Crippen LogP contribution in [0.15, 0.2) is 54.7 Å². The molecular formula is C22H20N2O4. The minimum absolute atomic E-state index is 0.0464. The van der Waals surface area contributed by atoms with Gasteiger partial charge in [0.25, 0.3) is 5.91 Å². The van der Waals surface area contributed by atoms with Crippen LogP contribution in [0.2, 0.25) is 0 Å². The van der Waals surface area contributed by atoms with Crippen LogP contribution in [0.25, 0.3) is 0 Å². The van der Waals surface area contributed by atoms with Gasteiger partial charge >= 0.3 is 5.97 Å². The Morgan fingerprint density at radius 3 is 2.25 bits per heavy atom. The maximum absolute atomic E-state index is 12.4. The number of aryl methyl sites for hydroxylation is 3. The predicted octanol–water partition coefficient (Wildman–Crippen LogP) is 4.18. The van der Waals surface area contributed by atoms with Gasteiger partial charge in [-0.25, -0.2) is 9.78 Å². The summed E-state index contributed by atoms with van der Waals surface area (Å²) in [4.78, 5) is 28.7. The number of anilines is 1. The van der Waals surface area contributed by atoms with E-state index in [1.54, 1.807) is 63.2 Å². The van der Waals surface area contributed by atoms with Crippen LogP contribution in [-0.2, 0) is 0 Å². The number of carbonyl (C=O) groups excluding carboxylic acids is 2. The molecule has 0 aliphatic rings. The summed E-state index contributed by atoms with van der Waals surface area (Å²) in [5.41, 5.74) is 2.88. The Morgan fingerprint density at radius 1 is 0.964 bits per heavy atom. The van der Waals surface area contributed by atoms with Crippen LogP contribution in [0.3, 0.4) is 0 Å². The van der Waals surface area contributed by atoms with E-state index < -0.39 is 11.9 Å². The molecule has 2 aromatic carbocycles. The highest BCUT2D eigenvalue weighted by atomic mass is 16.5. The first kappa shape index (κ1) is 19.1. The van der Waals surface area contributed by atoms with Gasteiger partial charge in [-0.05, 0) is 67.8 Å². The number of amides is 1. The van der Waals surface area contributed by atoms with E-state index in [9.17, 15) is 14.7 Å². The van der Waals surface area contributed by atoms with Gasteiger partial charge in [-0.2, -0.15) is 0 Å². The van der Waals surface area contributed by atoms with Gasteiger partial charge < -0.3 is 15.2 Å². The van der Waals surface area contributed by atoms with Gasteiger partial charge in [0.1, 0.15) is 11.5 Å². The van der Waals surface area contributed by atoms with Crippen molar-refractivity contribution in [3.05, 3.63) is 82.7 Å². The zero-order chi connectivity index (χ0) is 20.3. The number of nitrogens with zero attached hydrogens (tertiary/aromatic N) is 1. The molecule has 2 N–H and O–H groups in total. The molecule has 142 valence electrons. The smallest absolute Gasteiger partial charge is 0.343 e. The van der Waals surface area contributed by atoms with Gasteiger partial charge in [-0.3, -0.25) is 4.79 Å². The summed E-state index contributed by atoms with van der Waals surface area (Å²) >= 11 is 0. The molecule has 3 rings (SSSR count). The molecule has 0 unspecified atom stereocenters. The number of rotatable bonds is 4. The van der Waals surface area contributed by atoms with E-state index in [0.717, 1.165) is 0 Å². The monoisotopic (exact) mass is 376 g/mol. The molecule has 1 amide bonds. The van der Waals surface area contributed by atoms with Crippen LogP contribution in [0, 0.1) is 20.8 Å². The predicted molar refractivity (Wildman–Crippen MR) is 106 cm³/mol. The van der Waals surface area contributed by atoms with Crippen molar-refractivity contribution in [2.24, 2.45) is 0 Å². The summed E-state index contributed by atoms with van der Waals surface area (Å²) in [5, 5.41) is 12.7. The number of aromatic hydroxyl groups is 1. The van der Waals surface area contributed by atoms with Gasteiger partial charge in [-0.1, -0.05) is 18.2 Å². The number of hydrogen-bond donors (Lipinski definition) is 2. The van der Waals surface area contributed by atoms with Crippen LogP contribution in [0.1, 0.15) is 37.5 Å². The molecule has 0 saturated heterocycles. The molecule has 6 nitrogen and oxygen atoms in total. The Labute approximate surface area is 162 Å². The summed E-state index contributed by atoms with van der Waals surface area (Å²) in [6, 6.07) is 13.7. The number of benzene rings is 2. The maximum Gasteiger partial charge on any atom is 0.343 e. The topological polar surface area (TPSA) is 88.5 Å². The van der Waals surface area contributed by atoms with Crippen molar-refractivity contribution >= 4 is 17.6 Å². The first-order chi connectivity index (χ1) is 13.4.